The molecule has 138 valence electrons. The van der Waals surface area contributed by atoms with Crippen molar-refractivity contribution < 1.29 is 0 Å². The van der Waals surface area contributed by atoms with Gasteiger partial charge in [0.2, 0.25) is 6.71 Å². The lowest BCUT2D eigenvalue weighted by Gasteiger charge is -2.29. The fourth-order valence-electron chi connectivity index (χ4n) is 5.59. The molecule has 0 atom stereocenters. The van der Waals surface area contributed by atoms with Gasteiger partial charge in [-0.2, -0.15) is 0 Å². The molecule has 0 N–H and O–H groups in total. The standard InChI is InChI=1S/C27H22BN/c1-17-15-18(2)26(19(3)16-17)28-22-11-5-7-14-25(22)29-24-13-6-4-9-20(24)21-10-8-12-23(28)27(21)29/h4-16H,1-3H3. The van der Waals surface area contributed by atoms with E-state index in [1.807, 2.05) is 0 Å². The summed E-state index contributed by atoms with van der Waals surface area (Å²) in [5.74, 6) is 0. The Hall–Kier alpha value is -3.26. The second-order valence-corrected chi connectivity index (χ2v) is 8.40. The second kappa shape index (κ2) is 5.87. The van der Waals surface area contributed by atoms with Crippen LogP contribution in [0.3, 0.4) is 0 Å². The summed E-state index contributed by atoms with van der Waals surface area (Å²) < 4.78 is 2.48. The number of aryl methyl sites for hydroxylation is 3. The van der Waals surface area contributed by atoms with E-state index >= 15 is 0 Å². The molecule has 1 aliphatic heterocycles. The molecule has 0 bridgehead atoms. The zero-order valence-corrected chi connectivity index (χ0v) is 17.0. The fourth-order valence-corrected chi connectivity index (χ4v) is 5.59. The van der Waals surface area contributed by atoms with Crippen molar-refractivity contribution in [2.75, 3.05) is 0 Å². The minimum atomic E-state index is 0.257. The Bertz CT molecular complexity index is 1420. The summed E-state index contributed by atoms with van der Waals surface area (Å²) in [7, 11) is 0. The van der Waals surface area contributed by atoms with E-state index in [9.17, 15) is 0 Å². The largest absolute Gasteiger partial charge is 0.310 e. The monoisotopic (exact) mass is 371 g/mol. The first kappa shape index (κ1) is 16.7. The molecule has 1 aromatic heterocycles. The highest BCUT2D eigenvalue weighted by Crippen LogP contribution is 2.33. The highest BCUT2D eigenvalue weighted by Gasteiger charge is 2.34. The van der Waals surface area contributed by atoms with Crippen LogP contribution >= 0.6 is 0 Å². The van der Waals surface area contributed by atoms with Gasteiger partial charge in [-0.15, -0.1) is 0 Å². The molecular formula is C27H22BN. The van der Waals surface area contributed by atoms with Crippen LogP contribution in [-0.2, 0) is 0 Å². The molecule has 0 aliphatic carbocycles. The van der Waals surface area contributed by atoms with Crippen LogP contribution < -0.4 is 16.4 Å². The van der Waals surface area contributed by atoms with Crippen molar-refractivity contribution in [3.63, 3.8) is 0 Å². The highest BCUT2D eigenvalue weighted by molar-refractivity contribution is 6.98. The lowest BCUT2D eigenvalue weighted by atomic mass is 9.34. The third-order valence-electron chi connectivity index (χ3n) is 6.55. The highest BCUT2D eigenvalue weighted by atomic mass is 15.0. The first-order valence-electron chi connectivity index (χ1n) is 10.3. The topological polar surface area (TPSA) is 4.93 Å². The van der Waals surface area contributed by atoms with Crippen molar-refractivity contribution in [1.29, 1.82) is 0 Å². The average Bonchev–Trinajstić information content (AvgIpc) is 3.06. The third kappa shape index (κ3) is 2.17. The van der Waals surface area contributed by atoms with Gasteiger partial charge in [0, 0.05) is 22.0 Å². The maximum Gasteiger partial charge on any atom is 0.247 e. The first-order valence-corrected chi connectivity index (χ1v) is 10.3. The molecule has 6 rings (SSSR count). The van der Waals surface area contributed by atoms with Gasteiger partial charge in [-0.3, -0.25) is 0 Å². The SMILES string of the molecule is Cc1cc(C)c(B2c3ccccc3-n3c4ccccc4c4cccc2c43)c(C)c1. The summed E-state index contributed by atoms with van der Waals surface area (Å²) in [5.41, 5.74) is 12.3. The van der Waals surface area contributed by atoms with Crippen LogP contribution in [-0.4, -0.2) is 11.3 Å². The van der Waals surface area contributed by atoms with E-state index in [4.69, 9.17) is 0 Å². The van der Waals surface area contributed by atoms with Crippen molar-refractivity contribution >= 4 is 44.9 Å². The van der Waals surface area contributed by atoms with Crippen LogP contribution in [0.4, 0.5) is 0 Å². The molecule has 0 saturated heterocycles. The van der Waals surface area contributed by atoms with Crippen LogP contribution in [0.15, 0.2) is 78.9 Å². The van der Waals surface area contributed by atoms with E-state index < -0.39 is 0 Å². The molecule has 1 aliphatic rings. The van der Waals surface area contributed by atoms with Gasteiger partial charge in [-0.25, -0.2) is 0 Å². The van der Waals surface area contributed by atoms with E-state index in [1.165, 1.54) is 60.6 Å². The normalized spacial score (nSPS) is 12.6. The first-order chi connectivity index (χ1) is 14.1. The Balaban J connectivity index is 1.83. The number of para-hydroxylation sites is 3. The van der Waals surface area contributed by atoms with E-state index in [1.54, 1.807) is 0 Å². The van der Waals surface area contributed by atoms with Crippen molar-refractivity contribution in [3.05, 3.63) is 95.6 Å². The zero-order chi connectivity index (χ0) is 19.7. The molecule has 0 saturated carbocycles. The van der Waals surface area contributed by atoms with Crippen molar-refractivity contribution in [2.45, 2.75) is 20.8 Å². The molecule has 4 aromatic carbocycles. The van der Waals surface area contributed by atoms with Gasteiger partial charge in [0.05, 0.1) is 5.52 Å². The molecule has 0 amide bonds. The van der Waals surface area contributed by atoms with E-state index in [0.29, 0.717) is 0 Å². The number of nitrogens with zero attached hydrogens (tertiary/aromatic N) is 1. The van der Waals surface area contributed by atoms with Crippen LogP contribution in [0.1, 0.15) is 16.7 Å². The van der Waals surface area contributed by atoms with Crippen LogP contribution in [0.25, 0.3) is 27.5 Å². The van der Waals surface area contributed by atoms with Gasteiger partial charge in [-0.05, 0) is 43.8 Å². The Morgan fingerprint density at radius 1 is 0.655 bits per heavy atom. The Kier molecular flexibility index (Phi) is 3.38. The van der Waals surface area contributed by atoms with Gasteiger partial charge < -0.3 is 4.57 Å². The zero-order valence-electron chi connectivity index (χ0n) is 17.0. The Labute approximate surface area is 171 Å². The van der Waals surface area contributed by atoms with Gasteiger partial charge in [0.1, 0.15) is 0 Å². The van der Waals surface area contributed by atoms with Gasteiger partial charge >= 0.3 is 0 Å². The Morgan fingerprint density at radius 3 is 2.14 bits per heavy atom. The number of aromatic nitrogens is 1. The van der Waals surface area contributed by atoms with E-state index in [0.717, 1.165) is 0 Å². The molecule has 2 heteroatoms. The average molecular weight is 371 g/mol. The quantitative estimate of drug-likeness (QED) is 0.374. The molecule has 0 fully saturated rings. The number of fused-ring (bicyclic) bond motifs is 5. The minimum absolute atomic E-state index is 0.257. The summed E-state index contributed by atoms with van der Waals surface area (Å²) in [6.45, 7) is 6.98. The summed E-state index contributed by atoms with van der Waals surface area (Å²) in [6, 6.07) is 29.2. The predicted octanol–water partition coefficient (Wildman–Crippen LogP) is 4.54. The second-order valence-electron chi connectivity index (χ2n) is 8.40. The summed E-state index contributed by atoms with van der Waals surface area (Å²) in [6.07, 6.45) is 0. The fraction of sp³-hybridized carbons (Fsp3) is 0.111. The smallest absolute Gasteiger partial charge is 0.247 e. The maximum atomic E-state index is 2.48. The summed E-state index contributed by atoms with van der Waals surface area (Å²) in [5, 5.41) is 2.68. The van der Waals surface area contributed by atoms with E-state index in [2.05, 4.69) is 104 Å². The number of hydrogen-bond acceptors (Lipinski definition) is 0. The summed E-state index contributed by atoms with van der Waals surface area (Å²) in [4.78, 5) is 0. The molecule has 1 nitrogen and oxygen atoms in total. The number of benzene rings is 4. The van der Waals surface area contributed by atoms with Gasteiger partial charge in [-0.1, -0.05) is 88.9 Å². The van der Waals surface area contributed by atoms with Crippen molar-refractivity contribution in [1.82, 2.24) is 4.57 Å². The molecule has 29 heavy (non-hydrogen) atoms. The van der Waals surface area contributed by atoms with Gasteiger partial charge in [0.15, 0.2) is 0 Å². The molecule has 0 spiro atoms. The molecule has 2 heterocycles. The Morgan fingerprint density at radius 2 is 1.31 bits per heavy atom. The summed E-state index contributed by atoms with van der Waals surface area (Å²) >= 11 is 0. The lowest BCUT2D eigenvalue weighted by molar-refractivity contribution is 1.19. The minimum Gasteiger partial charge on any atom is -0.310 e. The van der Waals surface area contributed by atoms with Gasteiger partial charge in [0.25, 0.3) is 0 Å². The third-order valence-corrected chi connectivity index (χ3v) is 6.55. The molecule has 0 unspecified atom stereocenters. The van der Waals surface area contributed by atoms with Crippen LogP contribution in [0.5, 0.6) is 0 Å². The molecular weight excluding hydrogens is 349 g/mol. The van der Waals surface area contributed by atoms with Crippen molar-refractivity contribution in [3.8, 4) is 5.69 Å². The lowest BCUT2D eigenvalue weighted by Crippen LogP contribution is -2.57. The van der Waals surface area contributed by atoms with E-state index in [-0.39, 0.29) is 6.71 Å². The number of hydrogen-bond donors (Lipinski definition) is 0. The van der Waals surface area contributed by atoms with Crippen molar-refractivity contribution in [2.24, 2.45) is 0 Å². The van der Waals surface area contributed by atoms with Crippen LogP contribution in [0.2, 0.25) is 0 Å². The maximum absolute atomic E-state index is 2.48. The molecule has 0 radical (unpaired) electrons. The predicted molar refractivity (Wildman–Crippen MR) is 126 cm³/mol. The molecule has 5 aromatic rings. The number of rotatable bonds is 1. The van der Waals surface area contributed by atoms with Crippen LogP contribution in [0, 0.1) is 20.8 Å².